The fourth-order valence-corrected chi connectivity index (χ4v) is 2.63. The molecule has 1 rings (SSSR count). The Labute approximate surface area is 118 Å². The van der Waals surface area contributed by atoms with Crippen LogP contribution in [0.25, 0.3) is 0 Å². The smallest absolute Gasteiger partial charge is 0.480 e. The summed E-state index contributed by atoms with van der Waals surface area (Å²) in [4.78, 5) is 2.63. The van der Waals surface area contributed by atoms with Crippen molar-refractivity contribution in [2.24, 2.45) is 0 Å². The average Bonchev–Trinajstić information content (AvgIpc) is 2.11. The van der Waals surface area contributed by atoms with E-state index in [0.717, 1.165) is 13.2 Å². The maximum absolute atomic E-state index is 12.2. The van der Waals surface area contributed by atoms with Gasteiger partial charge in [-0.25, -0.2) is 13.4 Å². The molecule has 1 aromatic heterocycles. The predicted molar refractivity (Wildman–Crippen MR) is 63.2 cm³/mol. The fourth-order valence-electron chi connectivity index (χ4n) is 1.02. The number of nitrogens with zero attached hydrogens (tertiary/aromatic N) is 1. The molecule has 0 radical (unpaired) electrons. The van der Waals surface area contributed by atoms with Crippen LogP contribution in [0.4, 0.5) is 13.2 Å². The van der Waals surface area contributed by atoms with Crippen molar-refractivity contribution in [1.82, 2.24) is 4.98 Å². The summed E-state index contributed by atoms with van der Waals surface area (Å²) in [5, 5.41) is 0. The van der Waals surface area contributed by atoms with Gasteiger partial charge < -0.3 is 9.47 Å². The fraction of sp³-hybridized carbons (Fsp3) is 0.286. The first-order valence-electron chi connectivity index (χ1n) is 3.99. The molecule has 0 aliphatic heterocycles. The molecule has 102 valence electrons. The summed E-state index contributed by atoms with van der Waals surface area (Å²) >= 11 is 1.57. The molecule has 0 atom stereocenters. The first kappa shape index (κ1) is 15.6. The van der Waals surface area contributed by atoms with Crippen LogP contribution in [0.3, 0.4) is 0 Å². The van der Waals surface area contributed by atoms with E-state index in [4.69, 9.17) is 10.7 Å². The zero-order valence-electron chi connectivity index (χ0n) is 8.46. The van der Waals surface area contributed by atoms with Gasteiger partial charge in [-0.05, 0) is 22.6 Å². The Balaban J connectivity index is 3.53. The molecular formula is C7H4ClF3INO4S. The minimum atomic E-state index is -5.06. The van der Waals surface area contributed by atoms with E-state index in [2.05, 4.69) is 14.5 Å². The third kappa shape index (κ3) is 4.02. The Kier molecular flexibility index (Phi) is 4.54. The number of hydrogen-bond acceptors (Lipinski definition) is 5. The quantitative estimate of drug-likeness (QED) is 0.430. The van der Waals surface area contributed by atoms with Gasteiger partial charge in [0.25, 0.3) is 9.05 Å². The number of aromatic nitrogens is 1. The van der Waals surface area contributed by atoms with Gasteiger partial charge in [0.05, 0.1) is 7.11 Å². The first-order valence-corrected chi connectivity index (χ1v) is 7.38. The van der Waals surface area contributed by atoms with Gasteiger partial charge in [0.15, 0.2) is 10.6 Å². The molecule has 0 aromatic carbocycles. The normalized spacial score (nSPS) is 12.3. The molecule has 5 nitrogen and oxygen atoms in total. The molecule has 11 heteroatoms. The second kappa shape index (κ2) is 5.25. The van der Waals surface area contributed by atoms with E-state index < -0.39 is 31.9 Å². The number of pyridine rings is 1. The van der Waals surface area contributed by atoms with Crippen LogP contribution in [0.15, 0.2) is 11.0 Å². The molecular weight excluding hydrogens is 413 g/mol. The van der Waals surface area contributed by atoms with Crippen molar-refractivity contribution in [2.75, 3.05) is 7.11 Å². The van der Waals surface area contributed by atoms with Crippen LogP contribution in [-0.2, 0) is 9.05 Å². The van der Waals surface area contributed by atoms with Crippen molar-refractivity contribution < 1.29 is 31.1 Å². The highest BCUT2D eigenvalue weighted by Crippen LogP contribution is 2.37. The van der Waals surface area contributed by atoms with E-state index in [1.807, 2.05) is 0 Å². The van der Waals surface area contributed by atoms with Crippen LogP contribution in [0.2, 0.25) is 0 Å². The van der Waals surface area contributed by atoms with E-state index in [1.54, 1.807) is 22.6 Å². The van der Waals surface area contributed by atoms with Gasteiger partial charge in [-0.1, -0.05) is 0 Å². The van der Waals surface area contributed by atoms with Crippen molar-refractivity contribution in [3.63, 3.8) is 0 Å². The predicted octanol–water partition coefficient (Wildman–Crippen LogP) is 2.52. The summed E-state index contributed by atoms with van der Waals surface area (Å²) < 4.78 is 67.1. The van der Waals surface area contributed by atoms with Crippen molar-refractivity contribution >= 4 is 42.3 Å². The summed E-state index contributed by atoms with van der Waals surface area (Å²) in [5.74, 6) is -1.56. The lowest BCUT2D eigenvalue weighted by Gasteiger charge is -2.13. The molecule has 18 heavy (non-hydrogen) atoms. The molecule has 0 fully saturated rings. The van der Waals surface area contributed by atoms with E-state index >= 15 is 0 Å². The molecule has 0 unspecified atom stereocenters. The highest BCUT2D eigenvalue weighted by molar-refractivity contribution is 14.1. The number of hydrogen-bond donors (Lipinski definition) is 0. The van der Waals surface area contributed by atoms with E-state index in [1.165, 1.54) is 0 Å². The third-order valence-electron chi connectivity index (χ3n) is 1.54. The Morgan fingerprint density at radius 2 is 2.00 bits per heavy atom. The van der Waals surface area contributed by atoms with Crippen molar-refractivity contribution in [1.29, 1.82) is 0 Å². The summed E-state index contributed by atoms with van der Waals surface area (Å²) in [6.07, 6.45) is -5.06. The van der Waals surface area contributed by atoms with Crippen molar-refractivity contribution in [3.8, 4) is 11.6 Å². The van der Waals surface area contributed by atoms with Gasteiger partial charge in [-0.15, -0.1) is 13.2 Å². The van der Waals surface area contributed by atoms with Crippen LogP contribution < -0.4 is 9.47 Å². The molecule has 0 N–H and O–H groups in total. The van der Waals surface area contributed by atoms with Gasteiger partial charge in [0.2, 0.25) is 5.88 Å². The molecule has 0 amide bonds. The summed E-state index contributed by atoms with van der Waals surface area (Å²) in [6, 6.07) is 0.784. The second-order valence-electron chi connectivity index (χ2n) is 2.77. The molecule has 0 saturated carbocycles. The maximum Gasteiger partial charge on any atom is 0.573 e. The monoisotopic (exact) mass is 417 g/mol. The summed E-state index contributed by atoms with van der Waals surface area (Å²) in [7, 11) is 1.57. The van der Waals surface area contributed by atoms with E-state index in [-0.39, 0.29) is 3.70 Å². The highest BCUT2D eigenvalue weighted by Gasteiger charge is 2.36. The molecule has 0 spiro atoms. The minimum absolute atomic E-state index is 0.0489. The second-order valence-corrected chi connectivity index (χ2v) is 6.38. The van der Waals surface area contributed by atoms with Gasteiger partial charge in [-0.3, -0.25) is 0 Å². The van der Waals surface area contributed by atoms with Gasteiger partial charge in [-0.2, -0.15) is 0 Å². The topological polar surface area (TPSA) is 65.5 Å². The highest BCUT2D eigenvalue weighted by atomic mass is 127. The summed E-state index contributed by atoms with van der Waals surface area (Å²) in [5.41, 5.74) is 0. The van der Waals surface area contributed by atoms with E-state index in [9.17, 15) is 21.6 Å². The lowest BCUT2D eigenvalue weighted by atomic mass is 10.4. The van der Waals surface area contributed by atoms with Crippen molar-refractivity contribution in [2.45, 2.75) is 11.3 Å². The number of halogens is 5. The lowest BCUT2D eigenvalue weighted by molar-refractivity contribution is -0.275. The SMILES string of the molecule is COc1nc(I)cc(OC(F)(F)F)c1S(=O)(=O)Cl. The maximum atomic E-state index is 12.2. The molecule has 1 aromatic rings. The van der Waals surface area contributed by atoms with Gasteiger partial charge in [0, 0.05) is 16.7 Å². The Hall–Kier alpha value is -0.490. The largest absolute Gasteiger partial charge is 0.573 e. The van der Waals surface area contributed by atoms with Crippen LogP contribution in [0.5, 0.6) is 11.6 Å². The Bertz CT molecular complexity index is 563. The van der Waals surface area contributed by atoms with Crippen molar-refractivity contribution in [3.05, 3.63) is 9.77 Å². The zero-order chi connectivity index (χ0) is 14.1. The Morgan fingerprint density at radius 3 is 2.39 bits per heavy atom. The number of methoxy groups -OCH3 is 1. The number of rotatable bonds is 3. The standard InChI is InChI=1S/C7H4ClF3INO4S/c1-16-6-5(18(8,14)15)3(2-4(12)13-6)17-7(9,10)11/h2H,1H3. The van der Waals surface area contributed by atoms with Crippen LogP contribution in [0.1, 0.15) is 0 Å². The van der Waals surface area contributed by atoms with Crippen LogP contribution in [-0.4, -0.2) is 26.9 Å². The van der Waals surface area contributed by atoms with Crippen LogP contribution in [0, 0.1) is 3.70 Å². The third-order valence-corrected chi connectivity index (χ3v) is 3.42. The molecule has 0 bridgehead atoms. The number of ether oxygens (including phenoxy) is 2. The first-order chi connectivity index (χ1) is 8.04. The minimum Gasteiger partial charge on any atom is -0.480 e. The van der Waals surface area contributed by atoms with Crippen LogP contribution >= 0.6 is 33.3 Å². The molecule has 0 saturated heterocycles. The number of alkyl halides is 3. The molecule has 1 heterocycles. The summed E-state index contributed by atoms with van der Waals surface area (Å²) in [6.45, 7) is 0. The lowest BCUT2D eigenvalue weighted by Crippen LogP contribution is -2.19. The van der Waals surface area contributed by atoms with E-state index in [0.29, 0.717) is 0 Å². The average molecular weight is 418 g/mol. The van der Waals surface area contributed by atoms with Gasteiger partial charge >= 0.3 is 6.36 Å². The Morgan fingerprint density at radius 1 is 1.44 bits per heavy atom. The van der Waals surface area contributed by atoms with Gasteiger partial charge in [0.1, 0.15) is 3.70 Å². The zero-order valence-corrected chi connectivity index (χ0v) is 12.2. The molecule has 0 aliphatic rings. The molecule has 0 aliphatic carbocycles.